The Morgan fingerprint density at radius 1 is 1.09 bits per heavy atom. The molecule has 0 atom stereocenters. The highest BCUT2D eigenvalue weighted by Gasteiger charge is 2.29. The lowest BCUT2D eigenvalue weighted by molar-refractivity contribution is -0.116. The van der Waals surface area contributed by atoms with Crippen molar-refractivity contribution < 1.29 is 9.53 Å². The number of aromatic nitrogens is 1. The summed E-state index contributed by atoms with van der Waals surface area (Å²) in [5, 5.41) is 6.23. The van der Waals surface area contributed by atoms with E-state index in [0.29, 0.717) is 17.6 Å². The van der Waals surface area contributed by atoms with Crippen LogP contribution in [0.2, 0.25) is 0 Å². The summed E-state index contributed by atoms with van der Waals surface area (Å²) in [7, 11) is 1.66. The summed E-state index contributed by atoms with van der Waals surface area (Å²) in [6, 6.07) is 23.4. The molecule has 34 heavy (non-hydrogen) atoms. The zero-order valence-electron chi connectivity index (χ0n) is 19.6. The number of aryl methyl sites for hydroxylation is 1. The molecule has 0 spiro atoms. The molecule has 1 heterocycles. The highest BCUT2D eigenvalue weighted by Crippen LogP contribution is 2.32. The predicted molar refractivity (Wildman–Crippen MR) is 139 cm³/mol. The van der Waals surface area contributed by atoms with Crippen LogP contribution in [-0.4, -0.2) is 35.5 Å². The van der Waals surface area contributed by atoms with Crippen molar-refractivity contribution in [3.63, 3.8) is 0 Å². The fraction of sp³-hybridized carbons (Fsp3) is 0.286. The Labute approximate surface area is 204 Å². The Kier molecular flexibility index (Phi) is 6.61. The third-order valence-electron chi connectivity index (χ3n) is 6.35. The van der Waals surface area contributed by atoms with Gasteiger partial charge in [0.15, 0.2) is 5.13 Å². The Morgan fingerprint density at radius 2 is 1.85 bits per heavy atom. The molecule has 1 N–H and O–H groups in total. The summed E-state index contributed by atoms with van der Waals surface area (Å²) in [5.74, 6) is 0.826. The molecule has 1 aromatic heterocycles. The van der Waals surface area contributed by atoms with Crippen molar-refractivity contribution in [2.24, 2.45) is 0 Å². The van der Waals surface area contributed by atoms with Gasteiger partial charge in [-0.05, 0) is 60.4 Å². The van der Waals surface area contributed by atoms with Gasteiger partial charge in [0.25, 0.3) is 0 Å². The van der Waals surface area contributed by atoms with Crippen LogP contribution in [0.1, 0.15) is 29.7 Å². The van der Waals surface area contributed by atoms with Crippen molar-refractivity contribution in [1.29, 1.82) is 0 Å². The Bertz CT molecular complexity index is 1290. The molecule has 0 bridgehead atoms. The van der Waals surface area contributed by atoms with Crippen molar-refractivity contribution in [3.05, 3.63) is 77.2 Å². The van der Waals surface area contributed by atoms with Gasteiger partial charge in [-0.2, -0.15) is 0 Å². The van der Waals surface area contributed by atoms with E-state index in [2.05, 4.69) is 57.7 Å². The van der Waals surface area contributed by atoms with Crippen LogP contribution in [0.5, 0.6) is 5.75 Å². The number of ether oxygens (including phenoxy) is 1. The summed E-state index contributed by atoms with van der Waals surface area (Å²) in [6.45, 7) is 3.65. The number of benzene rings is 3. The smallest absolute Gasteiger partial charge is 0.227 e. The van der Waals surface area contributed by atoms with E-state index in [1.807, 2.05) is 31.2 Å². The second-order valence-corrected chi connectivity index (χ2v) is 9.99. The molecule has 6 heteroatoms. The van der Waals surface area contributed by atoms with E-state index in [1.165, 1.54) is 40.5 Å². The summed E-state index contributed by atoms with van der Waals surface area (Å²) < 4.78 is 5.24. The summed E-state index contributed by atoms with van der Waals surface area (Å²) >= 11 is 1.52. The van der Waals surface area contributed by atoms with Crippen LogP contribution in [0.25, 0.3) is 22.0 Å². The molecule has 0 saturated heterocycles. The number of rotatable bonds is 9. The zero-order chi connectivity index (χ0) is 23.5. The van der Waals surface area contributed by atoms with Crippen LogP contribution in [0.3, 0.4) is 0 Å². The molecule has 0 radical (unpaired) electrons. The summed E-state index contributed by atoms with van der Waals surface area (Å²) in [5.41, 5.74) is 3.24. The number of anilines is 1. The van der Waals surface area contributed by atoms with Gasteiger partial charge in [-0.25, -0.2) is 4.98 Å². The van der Waals surface area contributed by atoms with E-state index < -0.39 is 0 Å². The van der Waals surface area contributed by atoms with Crippen molar-refractivity contribution in [2.75, 3.05) is 19.0 Å². The number of carbonyl (C=O) groups excluding carboxylic acids is 1. The normalized spacial score (nSPS) is 13.4. The minimum atomic E-state index is 0.0126. The fourth-order valence-corrected chi connectivity index (χ4v) is 5.23. The lowest BCUT2D eigenvalue weighted by atomic mass is 10.0. The first-order valence-electron chi connectivity index (χ1n) is 11.7. The molecule has 0 unspecified atom stereocenters. The highest BCUT2D eigenvalue weighted by atomic mass is 32.1. The maximum absolute atomic E-state index is 12.8. The van der Waals surface area contributed by atoms with Gasteiger partial charge in [-0.1, -0.05) is 42.5 Å². The lowest BCUT2D eigenvalue weighted by Gasteiger charge is -2.22. The van der Waals surface area contributed by atoms with Crippen LogP contribution >= 0.6 is 11.3 Å². The number of methoxy groups -OCH3 is 1. The quantitative estimate of drug-likeness (QED) is 0.312. The molecule has 1 aliphatic carbocycles. The lowest BCUT2D eigenvalue weighted by Crippen LogP contribution is -2.29. The van der Waals surface area contributed by atoms with E-state index in [1.54, 1.807) is 7.11 Å². The Balaban J connectivity index is 1.22. The van der Waals surface area contributed by atoms with Crippen LogP contribution in [0.4, 0.5) is 5.13 Å². The molecule has 1 fully saturated rings. The Morgan fingerprint density at radius 3 is 2.62 bits per heavy atom. The monoisotopic (exact) mass is 471 g/mol. The fourth-order valence-electron chi connectivity index (χ4n) is 4.37. The molecule has 174 valence electrons. The van der Waals surface area contributed by atoms with Gasteiger partial charge in [0.05, 0.1) is 12.8 Å². The van der Waals surface area contributed by atoms with Gasteiger partial charge in [0.1, 0.15) is 5.75 Å². The van der Waals surface area contributed by atoms with Crippen molar-refractivity contribution in [3.8, 4) is 17.0 Å². The molecular formula is C28H29N3O2S. The number of hydrogen-bond donors (Lipinski definition) is 1. The standard InChI is InChI=1S/C28H29N3O2S/c1-19-27(21-10-14-24(33-2)15-11-21)30-28(34-19)29-26(32)16-17-31(23-12-13-23)18-22-8-5-7-20-6-3-4-9-25(20)22/h3-11,14-15,23H,12-13,16-18H2,1-2H3,(H,29,30,32). The second-order valence-electron chi connectivity index (χ2n) is 8.79. The molecule has 1 aliphatic rings. The van der Waals surface area contributed by atoms with E-state index in [-0.39, 0.29) is 5.91 Å². The van der Waals surface area contributed by atoms with Crippen LogP contribution < -0.4 is 10.1 Å². The van der Waals surface area contributed by atoms with Gasteiger partial charge in [-0.15, -0.1) is 11.3 Å². The largest absolute Gasteiger partial charge is 0.497 e. The molecule has 3 aromatic carbocycles. The van der Waals surface area contributed by atoms with Crippen LogP contribution in [0.15, 0.2) is 66.7 Å². The average molecular weight is 472 g/mol. The van der Waals surface area contributed by atoms with E-state index in [0.717, 1.165) is 35.0 Å². The molecule has 0 aliphatic heterocycles. The predicted octanol–water partition coefficient (Wildman–Crippen LogP) is 6.27. The van der Waals surface area contributed by atoms with Crippen molar-refractivity contribution in [2.45, 2.75) is 38.8 Å². The number of nitrogens with zero attached hydrogens (tertiary/aromatic N) is 2. The first kappa shape index (κ1) is 22.6. The molecule has 1 saturated carbocycles. The molecule has 4 aromatic rings. The minimum absolute atomic E-state index is 0.0126. The number of carbonyl (C=O) groups is 1. The highest BCUT2D eigenvalue weighted by molar-refractivity contribution is 7.16. The number of amides is 1. The number of hydrogen-bond acceptors (Lipinski definition) is 5. The number of thiazole rings is 1. The maximum atomic E-state index is 12.8. The van der Waals surface area contributed by atoms with Gasteiger partial charge in [0, 0.05) is 36.0 Å². The third kappa shape index (κ3) is 5.13. The topological polar surface area (TPSA) is 54.5 Å². The van der Waals surface area contributed by atoms with Gasteiger partial charge in [0.2, 0.25) is 5.91 Å². The Hall–Kier alpha value is -3.22. The first-order chi connectivity index (χ1) is 16.6. The van der Waals surface area contributed by atoms with Crippen molar-refractivity contribution >= 4 is 33.1 Å². The van der Waals surface area contributed by atoms with Crippen LogP contribution in [-0.2, 0) is 11.3 Å². The molecule has 1 amide bonds. The SMILES string of the molecule is COc1ccc(-c2nc(NC(=O)CCN(Cc3cccc4ccccc34)C3CC3)sc2C)cc1. The van der Waals surface area contributed by atoms with E-state index >= 15 is 0 Å². The van der Waals surface area contributed by atoms with E-state index in [9.17, 15) is 4.79 Å². The summed E-state index contributed by atoms with van der Waals surface area (Å²) in [6.07, 6.45) is 2.88. The average Bonchev–Trinajstić information content (AvgIpc) is 3.64. The van der Waals surface area contributed by atoms with E-state index in [4.69, 9.17) is 4.74 Å². The third-order valence-corrected chi connectivity index (χ3v) is 7.24. The number of nitrogens with one attached hydrogen (secondary N) is 1. The van der Waals surface area contributed by atoms with Crippen molar-refractivity contribution in [1.82, 2.24) is 9.88 Å². The zero-order valence-corrected chi connectivity index (χ0v) is 20.4. The molecule has 5 nitrogen and oxygen atoms in total. The summed E-state index contributed by atoms with van der Waals surface area (Å²) in [4.78, 5) is 21.0. The number of fused-ring (bicyclic) bond motifs is 1. The molecule has 5 rings (SSSR count). The van der Waals surface area contributed by atoms with Crippen LogP contribution in [0, 0.1) is 6.92 Å². The minimum Gasteiger partial charge on any atom is -0.497 e. The van der Waals surface area contributed by atoms with Gasteiger partial charge in [-0.3, -0.25) is 9.69 Å². The maximum Gasteiger partial charge on any atom is 0.227 e. The van der Waals surface area contributed by atoms with Gasteiger partial charge < -0.3 is 10.1 Å². The second kappa shape index (κ2) is 9.95. The first-order valence-corrected chi connectivity index (χ1v) is 12.5. The van der Waals surface area contributed by atoms with Gasteiger partial charge >= 0.3 is 0 Å². The molecular weight excluding hydrogens is 442 g/mol.